The molecule has 0 bridgehead atoms. The maximum atomic E-state index is 13.8. The monoisotopic (exact) mass is 565 g/mol. The normalized spacial score (nSPS) is 11.9. The highest BCUT2D eigenvalue weighted by Gasteiger charge is 2.30. The van der Waals surface area contributed by atoms with Gasteiger partial charge in [0.15, 0.2) is 0 Å². The lowest BCUT2D eigenvalue weighted by Crippen LogP contribution is -2.50. The number of nitrogens with zero attached hydrogens (tertiary/aromatic N) is 2. The van der Waals surface area contributed by atoms with E-state index in [9.17, 15) is 18.0 Å². The third kappa shape index (κ3) is 8.58. The number of nitrogens with one attached hydrogen (secondary N) is 1. The summed E-state index contributed by atoms with van der Waals surface area (Å²) in [4.78, 5) is 28.8. The van der Waals surface area contributed by atoms with Gasteiger partial charge in [0, 0.05) is 32.5 Å². The molecule has 1 atom stereocenters. The fourth-order valence-corrected chi connectivity index (χ4v) is 5.64. The summed E-state index contributed by atoms with van der Waals surface area (Å²) in [6.45, 7) is 4.63. The molecule has 0 aliphatic carbocycles. The molecule has 9 heteroatoms. The van der Waals surface area contributed by atoms with Gasteiger partial charge in [-0.3, -0.25) is 13.9 Å². The topological polar surface area (TPSA) is 96.0 Å². The number of hydrogen-bond acceptors (Lipinski definition) is 5. The van der Waals surface area contributed by atoms with Crippen molar-refractivity contribution in [2.75, 3.05) is 30.8 Å². The van der Waals surface area contributed by atoms with Crippen molar-refractivity contribution < 1.29 is 22.7 Å². The van der Waals surface area contributed by atoms with Gasteiger partial charge < -0.3 is 15.0 Å². The minimum atomic E-state index is -3.64. The highest BCUT2D eigenvalue weighted by atomic mass is 32.2. The number of rotatable bonds is 14. The van der Waals surface area contributed by atoms with E-state index in [0.717, 1.165) is 22.9 Å². The Morgan fingerprint density at radius 2 is 1.62 bits per heavy atom. The first-order valence-corrected chi connectivity index (χ1v) is 15.3. The quantitative estimate of drug-likeness (QED) is 0.314. The molecule has 0 radical (unpaired) electrons. The van der Waals surface area contributed by atoms with Crippen molar-refractivity contribution in [3.63, 3.8) is 0 Å². The lowest BCUT2D eigenvalue weighted by atomic mass is 10.0. The van der Waals surface area contributed by atoms with E-state index in [1.807, 2.05) is 68.4 Å². The second-order valence-corrected chi connectivity index (χ2v) is 11.6. The third-order valence-electron chi connectivity index (χ3n) is 6.56. The molecule has 3 aromatic rings. The van der Waals surface area contributed by atoms with Crippen LogP contribution < -0.4 is 14.4 Å². The van der Waals surface area contributed by atoms with Gasteiger partial charge in [0.1, 0.15) is 11.8 Å². The van der Waals surface area contributed by atoms with Gasteiger partial charge in [-0.2, -0.15) is 0 Å². The summed E-state index contributed by atoms with van der Waals surface area (Å²) in [5, 5.41) is 2.89. The summed E-state index contributed by atoms with van der Waals surface area (Å²) in [6, 6.07) is 23.6. The van der Waals surface area contributed by atoms with E-state index in [2.05, 4.69) is 5.32 Å². The number of carbonyl (C=O) groups excluding carboxylic acids is 2. The molecule has 40 heavy (non-hydrogen) atoms. The van der Waals surface area contributed by atoms with Crippen molar-refractivity contribution in [3.8, 4) is 5.75 Å². The van der Waals surface area contributed by atoms with Gasteiger partial charge in [-0.1, -0.05) is 72.3 Å². The fraction of sp³-hybridized carbons (Fsp3) is 0.355. The zero-order valence-corrected chi connectivity index (χ0v) is 24.5. The summed E-state index contributed by atoms with van der Waals surface area (Å²) in [7, 11) is -2.15. The minimum absolute atomic E-state index is 0.0671. The molecule has 8 nitrogen and oxygen atoms in total. The fourth-order valence-electron chi connectivity index (χ4n) is 4.67. The first-order valence-electron chi connectivity index (χ1n) is 13.4. The Hall–Kier alpha value is -3.85. The average molecular weight is 566 g/mol. The van der Waals surface area contributed by atoms with Crippen LogP contribution in [0.3, 0.4) is 0 Å². The van der Waals surface area contributed by atoms with E-state index in [1.54, 1.807) is 29.2 Å². The molecule has 0 fully saturated rings. The molecule has 214 valence electrons. The van der Waals surface area contributed by atoms with Gasteiger partial charge in [0.05, 0.1) is 19.1 Å². The lowest BCUT2D eigenvalue weighted by Gasteiger charge is -2.32. The van der Waals surface area contributed by atoms with E-state index in [4.69, 9.17) is 4.74 Å². The molecule has 2 amide bonds. The SMILES string of the molecule is CCNC(=O)C(Cc1ccccc1)N(Cc1cccc(C)c1)C(=O)CCCN(c1ccccc1OC)S(C)(=O)=O. The number of sulfonamides is 1. The summed E-state index contributed by atoms with van der Waals surface area (Å²) >= 11 is 0. The second-order valence-electron chi connectivity index (χ2n) is 9.72. The number of likely N-dealkylation sites (N-methyl/N-ethyl adjacent to an activating group) is 1. The standard InChI is InChI=1S/C31H39N3O5S/c1-5-32-31(36)28(22-25-14-7-6-8-15-25)33(23-26-16-11-13-24(2)21-26)30(35)19-12-20-34(40(4,37)38)27-17-9-10-18-29(27)39-3/h6-11,13-18,21,28H,5,12,19-20,22-23H2,1-4H3,(H,32,36). The molecule has 0 aromatic heterocycles. The molecule has 3 aromatic carbocycles. The van der Waals surface area contributed by atoms with Crippen LogP contribution in [0, 0.1) is 6.92 Å². The predicted molar refractivity (Wildman–Crippen MR) is 159 cm³/mol. The van der Waals surface area contributed by atoms with Gasteiger partial charge in [0.2, 0.25) is 21.8 Å². The molecule has 0 saturated heterocycles. The highest BCUT2D eigenvalue weighted by molar-refractivity contribution is 7.92. The van der Waals surface area contributed by atoms with Gasteiger partial charge in [-0.15, -0.1) is 0 Å². The van der Waals surface area contributed by atoms with Crippen molar-refractivity contribution in [1.82, 2.24) is 10.2 Å². The summed E-state index contributed by atoms with van der Waals surface area (Å²) in [5.41, 5.74) is 3.34. The maximum absolute atomic E-state index is 13.8. The average Bonchev–Trinajstić information content (AvgIpc) is 2.93. The van der Waals surface area contributed by atoms with Crippen LogP contribution in [0.4, 0.5) is 5.69 Å². The number of methoxy groups -OCH3 is 1. The Kier molecular flexibility index (Phi) is 11.1. The van der Waals surface area contributed by atoms with Crippen molar-refractivity contribution >= 4 is 27.5 Å². The smallest absolute Gasteiger partial charge is 0.243 e. The molecule has 3 rings (SSSR count). The van der Waals surface area contributed by atoms with Crippen LogP contribution in [0.25, 0.3) is 0 Å². The van der Waals surface area contributed by atoms with Gasteiger partial charge in [-0.25, -0.2) is 8.42 Å². The van der Waals surface area contributed by atoms with Crippen LogP contribution in [0.2, 0.25) is 0 Å². The van der Waals surface area contributed by atoms with Gasteiger partial charge in [-0.05, 0) is 43.5 Å². The van der Waals surface area contributed by atoms with Crippen molar-refractivity contribution in [1.29, 1.82) is 0 Å². The van der Waals surface area contributed by atoms with Crippen LogP contribution in [0.15, 0.2) is 78.9 Å². The first-order chi connectivity index (χ1) is 19.1. The number of amides is 2. The van der Waals surface area contributed by atoms with E-state index in [0.29, 0.717) is 24.4 Å². The molecule has 0 saturated carbocycles. The van der Waals surface area contributed by atoms with E-state index in [-0.39, 0.29) is 37.7 Å². The zero-order valence-electron chi connectivity index (χ0n) is 23.7. The van der Waals surface area contributed by atoms with Crippen LogP contribution >= 0.6 is 0 Å². The number of ether oxygens (including phenoxy) is 1. The summed E-state index contributed by atoms with van der Waals surface area (Å²) < 4.78 is 32.0. The van der Waals surface area contributed by atoms with Crippen molar-refractivity contribution in [3.05, 3.63) is 95.6 Å². The number of para-hydroxylation sites is 2. The van der Waals surface area contributed by atoms with Crippen molar-refractivity contribution in [2.45, 2.75) is 45.7 Å². The molecule has 0 spiro atoms. The number of benzene rings is 3. The Morgan fingerprint density at radius 1 is 0.950 bits per heavy atom. The van der Waals surface area contributed by atoms with Crippen LogP contribution in [0.1, 0.15) is 36.5 Å². The van der Waals surface area contributed by atoms with Crippen molar-refractivity contribution in [2.24, 2.45) is 0 Å². The molecule has 0 aliphatic rings. The van der Waals surface area contributed by atoms with Gasteiger partial charge in [0.25, 0.3) is 0 Å². The van der Waals surface area contributed by atoms with Crippen LogP contribution in [-0.4, -0.2) is 57.6 Å². The predicted octanol–water partition coefficient (Wildman–Crippen LogP) is 4.33. The van der Waals surface area contributed by atoms with Gasteiger partial charge >= 0.3 is 0 Å². The maximum Gasteiger partial charge on any atom is 0.243 e. The minimum Gasteiger partial charge on any atom is -0.495 e. The number of anilines is 1. The molecular formula is C31H39N3O5S. The number of carbonyl (C=O) groups is 2. The van der Waals surface area contributed by atoms with Crippen LogP contribution in [0.5, 0.6) is 5.75 Å². The Bertz CT molecular complexity index is 1380. The molecule has 1 unspecified atom stereocenters. The zero-order chi connectivity index (χ0) is 29.1. The molecular weight excluding hydrogens is 526 g/mol. The number of hydrogen-bond donors (Lipinski definition) is 1. The first kappa shape index (κ1) is 30.7. The third-order valence-corrected chi connectivity index (χ3v) is 7.74. The van der Waals surface area contributed by atoms with E-state index in [1.165, 1.54) is 11.4 Å². The highest BCUT2D eigenvalue weighted by Crippen LogP contribution is 2.30. The number of aryl methyl sites for hydroxylation is 1. The Morgan fingerprint density at radius 3 is 2.27 bits per heavy atom. The molecule has 0 aliphatic heterocycles. The molecule has 1 N–H and O–H groups in total. The largest absolute Gasteiger partial charge is 0.495 e. The lowest BCUT2D eigenvalue weighted by molar-refractivity contribution is -0.141. The second kappa shape index (κ2) is 14.5. The Labute approximate surface area is 238 Å². The van der Waals surface area contributed by atoms with Crippen LogP contribution in [-0.2, 0) is 32.6 Å². The summed E-state index contributed by atoms with van der Waals surface area (Å²) in [5.74, 6) is -0.0132. The molecule has 0 heterocycles. The van der Waals surface area contributed by atoms with E-state index >= 15 is 0 Å². The Balaban J connectivity index is 1.88. The van der Waals surface area contributed by atoms with E-state index < -0.39 is 16.1 Å². The summed E-state index contributed by atoms with van der Waals surface area (Å²) in [6.07, 6.45) is 1.83.